The van der Waals surface area contributed by atoms with Crippen molar-refractivity contribution in [1.82, 2.24) is 0 Å². The van der Waals surface area contributed by atoms with Gasteiger partial charge in [-0.25, -0.2) is 8.42 Å². The van der Waals surface area contributed by atoms with E-state index < -0.39 is 10.0 Å². The first kappa shape index (κ1) is 14.9. The molecule has 2 heterocycles. The molecule has 21 heavy (non-hydrogen) atoms. The molecule has 0 atom stereocenters. The molecule has 0 spiro atoms. The second-order valence-corrected chi connectivity index (χ2v) is 9.23. The first-order valence-electron chi connectivity index (χ1n) is 6.50. The maximum Gasteiger partial charge on any atom is 0.273 e. The van der Waals surface area contributed by atoms with Crippen LogP contribution in [-0.2, 0) is 10.0 Å². The average molecular weight is 388 g/mol. The van der Waals surface area contributed by atoms with Crippen LogP contribution in [-0.4, -0.2) is 21.6 Å². The van der Waals surface area contributed by atoms with E-state index >= 15 is 0 Å². The topological polar surface area (TPSA) is 46.6 Å². The summed E-state index contributed by atoms with van der Waals surface area (Å²) in [6, 6.07) is 8.97. The smallest absolute Gasteiger partial charge is 0.273 e. The number of halogens is 1. The van der Waals surface area contributed by atoms with Crippen molar-refractivity contribution in [2.24, 2.45) is 0 Å². The second kappa shape index (κ2) is 5.62. The van der Waals surface area contributed by atoms with Crippen LogP contribution in [0.2, 0.25) is 0 Å². The lowest BCUT2D eigenvalue weighted by molar-refractivity contribution is 0.322. The molecule has 1 aliphatic rings. The predicted octanol–water partition coefficient (Wildman–Crippen LogP) is 3.80. The molecule has 7 heteroatoms. The Kier molecular flexibility index (Phi) is 3.98. The average Bonchev–Trinajstić information content (AvgIpc) is 2.69. The summed E-state index contributed by atoms with van der Waals surface area (Å²) < 4.78 is 34.1. The van der Waals surface area contributed by atoms with Crippen molar-refractivity contribution in [3.05, 3.63) is 39.7 Å². The molecular formula is C14H14BrNO3S2. The van der Waals surface area contributed by atoms with E-state index in [1.165, 1.54) is 15.6 Å². The maximum absolute atomic E-state index is 12.9. The molecular weight excluding hydrogens is 374 g/mol. The van der Waals surface area contributed by atoms with Gasteiger partial charge < -0.3 is 4.74 Å². The molecule has 0 amide bonds. The van der Waals surface area contributed by atoms with Crippen molar-refractivity contribution in [1.29, 1.82) is 0 Å². The van der Waals surface area contributed by atoms with E-state index in [2.05, 4.69) is 15.9 Å². The normalized spacial score (nSPS) is 15.2. The summed E-state index contributed by atoms with van der Waals surface area (Å²) in [6.07, 6.45) is 0.666. The Hall–Kier alpha value is -1.05. The van der Waals surface area contributed by atoms with Crippen molar-refractivity contribution < 1.29 is 13.2 Å². The molecule has 1 aromatic carbocycles. The van der Waals surface area contributed by atoms with Crippen LogP contribution in [0.3, 0.4) is 0 Å². The number of nitrogens with zero attached hydrogens (tertiary/aromatic N) is 1. The molecule has 0 N–H and O–H groups in total. The highest BCUT2D eigenvalue weighted by Crippen LogP contribution is 2.38. The van der Waals surface area contributed by atoms with Crippen LogP contribution < -0.4 is 9.04 Å². The number of fused-ring (bicyclic) bond motifs is 1. The first-order chi connectivity index (χ1) is 10.00. The minimum absolute atomic E-state index is 0.351. The molecule has 0 saturated carbocycles. The van der Waals surface area contributed by atoms with Crippen molar-refractivity contribution in [2.75, 3.05) is 17.5 Å². The summed E-state index contributed by atoms with van der Waals surface area (Å²) in [5, 5.41) is 0. The van der Waals surface area contributed by atoms with Gasteiger partial charge in [0.25, 0.3) is 10.0 Å². The lowest BCUT2D eigenvalue weighted by Gasteiger charge is -2.22. The molecule has 0 unspecified atom stereocenters. The monoisotopic (exact) mass is 387 g/mol. The molecule has 4 nitrogen and oxygen atoms in total. The van der Waals surface area contributed by atoms with E-state index in [9.17, 15) is 8.42 Å². The van der Waals surface area contributed by atoms with Crippen molar-refractivity contribution in [3.8, 4) is 5.75 Å². The van der Waals surface area contributed by atoms with E-state index in [0.29, 0.717) is 35.2 Å². The van der Waals surface area contributed by atoms with Crippen molar-refractivity contribution in [2.45, 2.75) is 17.6 Å². The summed E-state index contributed by atoms with van der Waals surface area (Å²) in [5.74, 6) is 0.617. The lowest BCUT2D eigenvalue weighted by Crippen LogP contribution is -2.31. The fraction of sp³-hybridized carbons (Fsp3) is 0.286. The number of benzene rings is 1. The summed E-state index contributed by atoms with van der Waals surface area (Å²) in [6.45, 7) is 2.84. The number of aryl methyl sites for hydroxylation is 1. The Morgan fingerprint density at radius 1 is 1.33 bits per heavy atom. The van der Waals surface area contributed by atoms with E-state index in [1.807, 2.05) is 19.1 Å². The zero-order valence-corrected chi connectivity index (χ0v) is 14.6. The Morgan fingerprint density at radius 3 is 2.81 bits per heavy atom. The zero-order chi connectivity index (χ0) is 15.0. The molecule has 2 aromatic rings. The van der Waals surface area contributed by atoms with Gasteiger partial charge in [0.1, 0.15) is 9.96 Å². The number of sulfonamides is 1. The summed E-state index contributed by atoms with van der Waals surface area (Å²) in [7, 11) is -3.56. The Bertz CT molecular complexity index is 751. The van der Waals surface area contributed by atoms with Gasteiger partial charge in [-0.2, -0.15) is 0 Å². The van der Waals surface area contributed by atoms with Crippen LogP contribution in [0.25, 0.3) is 0 Å². The molecule has 1 aromatic heterocycles. The number of hydrogen-bond donors (Lipinski definition) is 0. The largest absolute Gasteiger partial charge is 0.491 e. The first-order valence-corrected chi connectivity index (χ1v) is 9.55. The fourth-order valence-corrected chi connectivity index (χ4v) is 6.07. The van der Waals surface area contributed by atoms with Gasteiger partial charge in [0.2, 0.25) is 0 Å². The van der Waals surface area contributed by atoms with Gasteiger partial charge in [-0.1, -0.05) is 12.1 Å². The highest BCUT2D eigenvalue weighted by Gasteiger charge is 2.30. The van der Waals surface area contributed by atoms with Gasteiger partial charge in [-0.15, -0.1) is 11.3 Å². The minimum Gasteiger partial charge on any atom is -0.491 e. The molecule has 0 bridgehead atoms. The van der Waals surface area contributed by atoms with Gasteiger partial charge in [0.15, 0.2) is 0 Å². The Morgan fingerprint density at radius 2 is 2.10 bits per heavy atom. The highest BCUT2D eigenvalue weighted by molar-refractivity contribution is 9.11. The van der Waals surface area contributed by atoms with Gasteiger partial charge in [-0.05, 0) is 46.6 Å². The third-order valence-corrected chi connectivity index (χ3v) is 7.68. The van der Waals surface area contributed by atoms with Crippen LogP contribution in [0, 0.1) is 6.92 Å². The van der Waals surface area contributed by atoms with Gasteiger partial charge in [0, 0.05) is 13.0 Å². The third-order valence-electron chi connectivity index (χ3n) is 3.28. The van der Waals surface area contributed by atoms with Gasteiger partial charge in [0.05, 0.1) is 16.1 Å². The van der Waals surface area contributed by atoms with Crippen LogP contribution in [0.15, 0.2) is 38.3 Å². The molecule has 0 aliphatic carbocycles. The van der Waals surface area contributed by atoms with Gasteiger partial charge >= 0.3 is 0 Å². The number of anilines is 1. The third kappa shape index (κ3) is 2.69. The second-order valence-electron chi connectivity index (χ2n) is 4.77. The zero-order valence-electron chi connectivity index (χ0n) is 11.4. The quantitative estimate of drug-likeness (QED) is 0.786. The molecule has 112 valence electrons. The Labute approximate surface area is 136 Å². The standard InChI is InChI=1S/C14H14BrNO3S2/c1-10-9-13(20-14(10)15)21(17,18)16-7-4-8-19-12-6-3-2-5-11(12)16/h2-3,5-6,9H,4,7-8H2,1H3. The predicted molar refractivity (Wildman–Crippen MR) is 87.8 cm³/mol. The van der Waals surface area contributed by atoms with Crippen LogP contribution in [0.5, 0.6) is 5.75 Å². The summed E-state index contributed by atoms with van der Waals surface area (Å²) in [4.78, 5) is 0. The maximum atomic E-state index is 12.9. The molecule has 0 radical (unpaired) electrons. The number of ether oxygens (including phenoxy) is 1. The van der Waals surface area contributed by atoms with E-state index in [-0.39, 0.29) is 0 Å². The van der Waals surface area contributed by atoms with Crippen LogP contribution in [0.1, 0.15) is 12.0 Å². The number of para-hydroxylation sites is 2. The summed E-state index contributed by atoms with van der Waals surface area (Å²) >= 11 is 4.63. The van der Waals surface area contributed by atoms with Crippen LogP contribution >= 0.6 is 27.3 Å². The van der Waals surface area contributed by atoms with Crippen molar-refractivity contribution >= 4 is 43.0 Å². The SMILES string of the molecule is Cc1cc(S(=O)(=O)N2CCCOc3ccccc32)sc1Br. The Balaban J connectivity index is 2.10. The number of rotatable bonds is 2. The lowest BCUT2D eigenvalue weighted by atomic mass is 10.3. The van der Waals surface area contributed by atoms with E-state index in [0.717, 1.165) is 9.35 Å². The minimum atomic E-state index is -3.56. The molecule has 0 saturated heterocycles. The molecule has 3 rings (SSSR count). The number of hydrogen-bond acceptors (Lipinski definition) is 4. The summed E-state index contributed by atoms with van der Waals surface area (Å²) in [5.41, 5.74) is 1.54. The fourth-order valence-electron chi connectivity index (χ4n) is 2.21. The highest BCUT2D eigenvalue weighted by atomic mass is 79.9. The van der Waals surface area contributed by atoms with Crippen LogP contribution in [0.4, 0.5) is 5.69 Å². The van der Waals surface area contributed by atoms with Crippen molar-refractivity contribution in [3.63, 3.8) is 0 Å². The van der Waals surface area contributed by atoms with Gasteiger partial charge in [-0.3, -0.25) is 4.31 Å². The molecule has 1 aliphatic heterocycles. The molecule has 0 fully saturated rings. The number of thiophene rings is 1. The van der Waals surface area contributed by atoms with E-state index in [1.54, 1.807) is 18.2 Å². The van der Waals surface area contributed by atoms with E-state index in [4.69, 9.17) is 4.74 Å².